The Kier molecular flexibility index (Phi) is 3.80. The van der Waals surface area contributed by atoms with E-state index in [2.05, 4.69) is 9.47 Å². The van der Waals surface area contributed by atoms with Crippen molar-refractivity contribution < 1.29 is 19.1 Å². The highest BCUT2D eigenvalue weighted by atomic mass is 32.2. The van der Waals surface area contributed by atoms with Crippen molar-refractivity contribution in [1.82, 2.24) is 0 Å². The van der Waals surface area contributed by atoms with Gasteiger partial charge in [-0.2, -0.15) is 0 Å². The summed E-state index contributed by atoms with van der Waals surface area (Å²) in [5.74, 6) is -0.482. The van der Waals surface area contributed by atoms with Gasteiger partial charge in [0.2, 0.25) is 0 Å². The molecule has 0 aromatic heterocycles. The minimum absolute atomic E-state index is 0.0656. The zero-order valence-corrected chi connectivity index (χ0v) is 11.4. The second-order valence-corrected chi connectivity index (χ2v) is 4.86. The third-order valence-corrected chi connectivity index (χ3v) is 3.86. The first-order valence-electron chi connectivity index (χ1n) is 5.52. The minimum atomic E-state index is -0.643. The molecule has 0 saturated carbocycles. The summed E-state index contributed by atoms with van der Waals surface area (Å²) in [6.45, 7) is 0. The number of ether oxygens (including phenoxy) is 2. The summed E-state index contributed by atoms with van der Waals surface area (Å²) in [6, 6.07) is 1.60. The van der Waals surface area contributed by atoms with Crippen molar-refractivity contribution in [2.45, 2.75) is 4.90 Å². The first kappa shape index (κ1) is 13.5. The molecule has 0 radical (unpaired) electrons. The fourth-order valence-electron chi connectivity index (χ4n) is 1.89. The largest absolute Gasteiger partial charge is 0.465 e. The molecular formula is C13H13NO4S. The van der Waals surface area contributed by atoms with Gasteiger partial charge in [-0.05, 0) is 11.6 Å². The van der Waals surface area contributed by atoms with Crippen LogP contribution in [0.3, 0.4) is 0 Å². The number of nitrogens with two attached hydrogens (primary N) is 1. The van der Waals surface area contributed by atoms with Gasteiger partial charge >= 0.3 is 11.9 Å². The molecule has 5 nitrogen and oxygen atoms in total. The van der Waals surface area contributed by atoms with Crippen molar-refractivity contribution in [2.75, 3.05) is 25.7 Å². The first-order valence-corrected chi connectivity index (χ1v) is 6.51. The molecule has 0 bridgehead atoms. The van der Waals surface area contributed by atoms with Gasteiger partial charge in [-0.15, -0.1) is 11.8 Å². The topological polar surface area (TPSA) is 78.6 Å². The number of hydrogen-bond acceptors (Lipinski definition) is 6. The van der Waals surface area contributed by atoms with Gasteiger partial charge in [0, 0.05) is 10.6 Å². The molecule has 2 rings (SSSR count). The lowest BCUT2D eigenvalue weighted by Gasteiger charge is -2.17. The number of benzene rings is 1. The van der Waals surface area contributed by atoms with Crippen molar-refractivity contribution in [1.29, 1.82) is 0 Å². The normalized spacial score (nSPS) is 12.7. The smallest absolute Gasteiger partial charge is 0.340 e. The van der Waals surface area contributed by atoms with Crippen LogP contribution in [0, 0.1) is 0 Å². The Hall–Kier alpha value is -1.95. The number of carbonyl (C=O) groups excluding carboxylic acids is 2. The molecule has 0 unspecified atom stereocenters. The standard InChI is InChI=1S/C13H13NO4S/c1-17-12(15)8-6-7-4-3-5-19-11(7)10(14)9(8)13(16)18-2/h3-4,6H,5,14H2,1-2H3. The monoisotopic (exact) mass is 279 g/mol. The Morgan fingerprint density at radius 1 is 1.26 bits per heavy atom. The van der Waals surface area contributed by atoms with Crippen LogP contribution >= 0.6 is 11.8 Å². The lowest BCUT2D eigenvalue weighted by atomic mass is 10.0. The summed E-state index contributed by atoms with van der Waals surface area (Å²) in [4.78, 5) is 24.4. The average molecular weight is 279 g/mol. The number of nitrogen functional groups attached to an aromatic ring is 1. The highest BCUT2D eigenvalue weighted by Gasteiger charge is 2.26. The molecule has 1 aliphatic heterocycles. The SMILES string of the molecule is COC(=O)c1cc2c(c(N)c1C(=O)OC)SCC=C2. The molecule has 1 aromatic carbocycles. The van der Waals surface area contributed by atoms with E-state index in [1.54, 1.807) is 6.07 Å². The lowest BCUT2D eigenvalue weighted by molar-refractivity contribution is 0.0556. The Labute approximate surface area is 114 Å². The molecule has 0 amide bonds. The number of methoxy groups -OCH3 is 2. The van der Waals surface area contributed by atoms with E-state index < -0.39 is 11.9 Å². The minimum Gasteiger partial charge on any atom is -0.465 e. The number of fused-ring (bicyclic) bond motifs is 1. The molecule has 0 aliphatic carbocycles. The van der Waals surface area contributed by atoms with Crippen LogP contribution in [0.5, 0.6) is 0 Å². The van der Waals surface area contributed by atoms with Gasteiger partial charge in [0.1, 0.15) is 0 Å². The molecule has 0 fully saturated rings. The molecule has 0 saturated heterocycles. The van der Waals surface area contributed by atoms with E-state index >= 15 is 0 Å². The molecule has 1 heterocycles. The van der Waals surface area contributed by atoms with Gasteiger partial charge in [0.25, 0.3) is 0 Å². The zero-order chi connectivity index (χ0) is 14.0. The third kappa shape index (κ3) is 2.31. The number of anilines is 1. The lowest BCUT2D eigenvalue weighted by Crippen LogP contribution is -2.16. The molecule has 19 heavy (non-hydrogen) atoms. The summed E-state index contributed by atoms with van der Waals surface area (Å²) < 4.78 is 9.37. The van der Waals surface area contributed by atoms with Crippen LogP contribution in [0.4, 0.5) is 5.69 Å². The summed E-state index contributed by atoms with van der Waals surface area (Å²) in [7, 11) is 2.50. The molecule has 0 spiro atoms. The van der Waals surface area contributed by atoms with E-state index in [0.717, 1.165) is 16.2 Å². The highest BCUT2D eigenvalue weighted by Crippen LogP contribution is 2.37. The van der Waals surface area contributed by atoms with Crippen LogP contribution in [0.2, 0.25) is 0 Å². The Morgan fingerprint density at radius 3 is 2.58 bits per heavy atom. The van der Waals surface area contributed by atoms with Crippen molar-refractivity contribution >= 4 is 35.5 Å². The Balaban J connectivity index is 2.71. The van der Waals surface area contributed by atoms with Crippen LogP contribution in [0.15, 0.2) is 17.0 Å². The molecule has 0 atom stereocenters. The van der Waals surface area contributed by atoms with Crippen LogP contribution in [-0.2, 0) is 9.47 Å². The van der Waals surface area contributed by atoms with Crippen LogP contribution < -0.4 is 5.73 Å². The zero-order valence-electron chi connectivity index (χ0n) is 10.6. The van der Waals surface area contributed by atoms with Gasteiger partial charge in [0.05, 0.1) is 31.0 Å². The predicted octanol–water partition coefficient (Wildman–Crippen LogP) is 1.96. The van der Waals surface area contributed by atoms with E-state index in [0.29, 0.717) is 0 Å². The summed E-state index contributed by atoms with van der Waals surface area (Å²) in [6.07, 6.45) is 3.83. The van der Waals surface area contributed by atoms with E-state index in [1.165, 1.54) is 26.0 Å². The van der Waals surface area contributed by atoms with Gasteiger partial charge in [-0.3, -0.25) is 0 Å². The molecule has 100 valence electrons. The Bertz CT molecular complexity index is 580. The molecule has 2 N–H and O–H groups in total. The van der Waals surface area contributed by atoms with Crippen LogP contribution in [0.25, 0.3) is 6.08 Å². The van der Waals surface area contributed by atoms with Crippen molar-refractivity contribution in [3.8, 4) is 0 Å². The number of carbonyl (C=O) groups is 2. The Morgan fingerprint density at radius 2 is 1.95 bits per heavy atom. The molecule has 1 aromatic rings. The predicted molar refractivity (Wildman–Crippen MR) is 73.3 cm³/mol. The van der Waals surface area contributed by atoms with Crippen molar-refractivity contribution in [3.63, 3.8) is 0 Å². The maximum Gasteiger partial charge on any atom is 0.340 e. The number of thioether (sulfide) groups is 1. The maximum atomic E-state index is 11.8. The summed E-state index contributed by atoms with van der Waals surface area (Å²) in [5.41, 5.74) is 7.27. The fraction of sp³-hybridized carbons (Fsp3) is 0.231. The number of esters is 2. The number of hydrogen-bond donors (Lipinski definition) is 1. The van der Waals surface area contributed by atoms with Gasteiger partial charge in [0.15, 0.2) is 0 Å². The first-order chi connectivity index (χ1) is 9.10. The van der Waals surface area contributed by atoms with Gasteiger partial charge < -0.3 is 15.2 Å². The van der Waals surface area contributed by atoms with Gasteiger partial charge in [-0.25, -0.2) is 9.59 Å². The van der Waals surface area contributed by atoms with Crippen molar-refractivity contribution in [3.05, 3.63) is 28.8 Å². The summed E-state index contributed by atoms with van der Waals surface area (Å²) in [5, 5.41) is 0. The highest BCUT2D eigenvalue weighted by molar-refractivity contribution is 7.99. The number of rotatable bonds is 2. The quantitative estimate of drug-likeness (QED) is 0.658. The summed E-state index contributed by atoms with van der Waals surface area (Å²) >= 11 is 1.51. The average Bonchev–Trinajstić information content (AvgIpc) is 2.45. The van der Waals surface area contributed by atoms with E-state index in [9.17, 15) is 9.59 Å². The van der Waals surface area contributed by atoms with E-state index in [1.807, 2.05) is 12.2 Å². The molecule has 1 aliphatic rings. The van der Waals surface area contributed by atoms with Crippen LogP contribution in [-0.4, -0.2) is 31.9 Å². The van der Waals surface area contributed by atoms with E-state index in [4.69, 9.17) is 5.73 Å². The molecular weight excluding hydrogens is 266 g/mol. The molecule has 6 heteroatoms. The van der Waals surface area contributed by atoms with Crippen molar-refractivity contribution in [2.24, 2.45) is 0 Å². The second-order valence-electron chi connectivity index (χ2n) is 3.83. The van der Waals surface area contributed by atoms with Gasteiger partial charge in [-0.1, -0.05) is 12.2 Å². The van der Waals surface area contributed by atoms with E-state index in [-0.39, 0.29) is 16.8 Å². The van der Waals surface area contributed by atoms with Crippen LogP contribution in [0.1, 0.15) is 26.3 Å². The fourth-order valence-corrected chi connectivity index (χ4v) is 2.80. The third-order valence-electron chi connectivity index (χ3n) is 2.76. The maximum absolute atomic E-state index is 11.8. The second kappa shape index (κ2) is 5.36.